The summed E-state index contributed by atoms with van der Waals surface area (Å²) in [4.78, 5) is 2.52. The van der Waals surface area contributed by atoms with Gasteiger partial charge >= 0.3 is 0 Å². The number of benzene rings is 1. The van der Waals surface area contributed by atoms with Crippen LogP contribution >= 0.6 is 0 Å². The molecule has 106 valence electrons. The highest BCUT2D eigenvalue weighted by atomic mass is 16.5. The molecule has 1 aliphatic carbocycles. The molecule has 1 aromatic carbocycles. The molecule has 1 saturated heterocycles. The largest absolute Gasteiger partial charge is 0.359 e. The number of rotatable bonds is 1. The molecule has 1 aromatic rings. The van der Waals surface area contributed by atoms with Gasteiger partial charge in [-0.1, -0.05) is 36.4 Å². The topological polar surface area (TPSA) is 38.5 Å². The molecule has 1 saturated carbocycles. The van der Waals surface area contributed by atoms with E-state index in [2.05, 4.69) is 47.5 Å². The van der Waals surface area contributed by atoms with Crippen LogP contribution in [0.2, 0.25) is 0 Å². The first-order valence-corrected chi connectivity index (χ1v) is 7.68. The van der Waals surface area contributed by atoms with Crippen molar-refractivity contribution >= 4 is 0 Å². The van der Waals surface area contributed by atoms with E-state index in [1.807, 2.05) is 0 Å². The fourth-order valence-corrected chi connectivity index (χ4v) is 4.40. The Balaban J connectivity index is 1.78. The first-order valence-electron chi connectivity index (χ1n) is 7.68. The normalized spacial score (nSPS) is 39.5. The molecule has 4 rings (SSSR count). The van der Waals surface area contributed by atoms with Gasteiger partial charge in [-0.3, -0.25) is 0 Å². The molecule has 0 aromatic heterocycles. The number of morpholine rings is 1. The molecule has 2 aliphatic heterocycles. The van der Waals surface area contributed by atoms with Crippen molar-refractivity contribution in [1.82, 2.24) is 4.90 Å². The molecule has 2 heterocycles. The molecule has 0 radical (unpaired) electrons. The lowest BCUT2D eigenvalue weighted by Gasteiger charge is -2.58. The second-order valence-corrected chi connectivity index (χ2v) is 6.34. The summed E-state index contributed by atoms with van der Waals surface area (Å²) in [6, 6.07) is 11.0. The molecule has 0 unspecified atom stereocenters. The van der Waals surface area contributed by atoms with Crippen LogP contribution in [0.5, 0.6) is 0 Å². The van der Waals surface area contributed by atoms with E-state index in [9.17, 15) is 0 Å². The number of nitrogens with zero attached hydrogens (tertiary/aromatic N) is 1. The van der Waals surface area contributed by atoms with Crippen LogP contribution in [0.1, 0.15) is 43.7 Å². The van der Waals surface area contributed by atoms with E-state index in [0.29, 0.717) is 12.6 Å². The van der Waals surface area contributed by atoms with Gasteiger partial charge in [0.1, 0.15) is 5.72 Å². The van der Waals surface area contributed by atoms with Crippen LogP contribution in [-0.2, 0) is 4.74 Å². The average Bonchev–Trinajstić information content (AvgIpc) is 2.82. The zero-order valence-electron chi connectivity index (χ0n) is 11.8. The molecule has 0 amide bonds. The summed E-state index contributed by atoms with van der Waals surface area (Å²) in [5.74, 6) is 0. The van der Waals surface area contributed by atoms with Crippen molar-refractivity contribution in [2.45, 2.75) is 49.4 Å². The second kappa shape index (κ2) is 4.34. The molecular weight excluding hydrogens is 248 g/mol. The van der Waals surface area contributed by atoms with Gasteiger partial charge < -0.3 is 15.4 Å². The van der Waals surface area contributed by atoms with Gasteiger partial charge in [-0.25, -0.2) is 0 Å². The Hall–Kier alpha value is -1.32. The molecular formula is C17H22N2O. The fourth-order valence-electron chi connectivity index (χ4n) is 4.40. The predicted octanol–water partition coefficient (Wildman–Crippen LogP) is 2.95. The van der Waals surface area contributed by atoms with Gasteiger partial charge in [0.25, 0.3) is 0 Å². The lowest BCUT2D eigenvalue weighted by atomic mass is 9.78. The Morgan fingerprint density at radius 3 is 2.85 bits per heavy atom. The van der Waals surface area contributed by atoms with E-state index in [0.717, 1.165) is 25.7 Å². The molecule has 3 atom stereocenters. The number of hydrogen-bond acceptors (Lipinski definition) is 3. The van der Waals surface area contributed by atoms with E-state index in [4.69, 9.17) is 10.5 Å². The Kier molecular flexibility index (Phi) is 2.69. The van der Waals surface area contributed by atoms with Gasteiger partial charge in [-0.2, -0.15) is 0 Å². The molecule has 2 fully saturated rings. The van der Waals surface area contributed by atoms with Crippen LogP contribution in [0, 0.1) is 0 Å². The van der Waals surface area contributed by atoms with Gasteiger partial charge in [0.2, 0.25) is 0 Å². The summed E-state index contributed by atoms with van der Waals surface area (Å²) in [5.41, 5.74) is 7.52. The lowest BCUT2D eigenvalue weighted by Crippen LogP contribution is -2.70. The minimum absolute atomic E-state index is 0.000504. The van der Waals surface area contributed by atoms with Crippen LogP contribution in [0.15, 0.2) is 42.6 Å². The standard InChI is InChI=1S/C17H22N2O/c18-17-11-6-10-16(17)9-4-5-12-19(16)15(13-20-17)14-7-2-1-3-8-14/h1-3,5,7-8,12,15H,4,6,9-11,13,18H2/t15-,16-,17-/m0/s1. The van der Waals surface area contributed by atoms with Crippen molar-refractivity contribution in [3.63, 3.8) is 0 Å². The number of hydrogen-bond donors (Lipinski definition) is 1. The fraction of sp³-hybridized carbons (Fsp3) is 0.529. The van der Waals surface area contributed by atoms with Crippen molar-refractivity contribution in [1.29, 1.82) is 0 Å². The predicted molar refractivity (Wildman–Crippen MR) is 78.8 cm³/mol. The highest BCUT2D eigenvalue weighted by Gasteiger charge is 2.60. The van der Waals surface area contributed by atoms with E-state index in [1.54, 1.807) is 0 Å². The maximum absolute atomic E-state index is 6.65. The van der Waals surface area contributed by atoms with Crippen molar-refractivity contribution in [2.75, 3.05) is 6.61 Å². The lowest BCUT2D eigenvalue weighted by molar-refractivity contribution is -0.195. The summed E-state index contributed by atoms with van der Waals surface area (Å²) < 4.78 is 6.22. The van der Waals surface area contributed by atoms with E-state index in [1.165, 1.54) is 12.0 Å². The molecule has 20 heavy (non-hydrogen) atoms. The van der Waals surface area contributed by atoms with Gasteiger partial charge in [-0.15, -0.1) is 0 Å². The van der Waals surface area contributed by atoms with Crippen molar-refractivity contribution < 1.29 is 4.74 Å². The molecule has 3 aliphatic rings. The van der Waals surface area contributed by atoms with Crippen molar-refractivity contribution in [2.24, 2.45) is 5.73 Å². The summed E-state index contributed by atoms with van der Waals surface area (Å²) in [6.45, 7) is 0.687. The molecule has 1 spiro atoms. The Labute approximate surface area is 120 Å². The quantitative estimate of drug-likeness (QED) is 0.852. The average molecular weight is 270 g/mol. The first-order chi connectivity index (χ1) is 9.75. The maximum Gasteiger partial charge on any atom is 0.140 e. The van der Waals surface area contributed by atoms with Crippen LogP contribution in [0.25, 0.3) is 0 Å². The summed E-state index contributed by atoms with van der Waals surface area (Å²) >= 11 is 0. The second-order valence-electron chi connectivity index (χ2n) is 6.34. The highest BCUT2D eigenvalue weighted by molar-refractivity contribution is 5.26. The third-order valence-corrected chi connectivity index (χ3v) is 5.43. The van der Waals surface area contributed by atoms with Crippen LogP contribution in [-0.4, -0.2) is 22.8 Å². The Morgan fingerprint density at radius 2 is 2.00 bits per heavy atom. The SMILES string of the molecule is N[C@]12CCC[C@@]13CCC=CN3[C@H](c1ccccc1)CO2. The number of nitrogens with two attached hydrogens (primary N) is 1. The smallest absolute Gasteiger partial charge is 0.140 e. The van der Waals surface area contributed by atoms with Gasteiger partial charge in [0.05, 0.1) is 18.2 Å². The molecule has 3 nitrogen and oxygen atoms in total. The zero-order chi connectivity index (χ0) is 13.6. The van der Waals surface area contributed by atoms with Gasteiger partial charge in [-0.05, 0) is 43.9 Å². The molecule has 0 bridgehead atoms. The third-order valence-electron chi connectivity index (χ3n) is 5.43. The van der Waals surface area contributed by atoms with Crippen LogP contribution in [0.4, 0.5) is 0 Å². The zero-order valence-corrected chi connectivity index (χ0v) is 11.8. The molecule has 2 N–H and O–H groups in total. The summed E-state index contributed by atoms with van der Waals surface area (Å²) in [6.07, 6.45) is 10.1. The van der Waals surface area contributed by atoms with Crippen LogP contribution in [0.3, 0.4) is 0 Å². The minimum atomic E-state index is -0.455. The van der Waals surface area contributed by atoms with Crippen molar-refractivity contribution in [3.8, 4) is 0 Å². The number of ether oxygens (including phenoxy) is 1. The first kappa shape index (κ1) is 12.4. The monoisotopic (exact) mass is 270 g/mol. The van der Waals surface area contributed by atoms with Gasteiger partial charge in [0.15, 0.2) is 0 Å². The maximum atomic E-state index is 6.65. The highest BCUT2D eigenvalue weighted by Crippen LogP contribution is 2.53. The van der Waals surface area contributed by atoms with E-state index < -0.39 is 5.72 Å². The van der Waals surface area contributed by atoms with E-state index in [-0.39, 0.29) is 5.54 Å². The van der Waals surface area contributed by atoms with Crippen molar-refractivity contribution in [3.05, 3.63) is 48.2 Å². The minimum Gasteiger partial charge on any atom is -0.359 e. The summed E-state index contributed by atoms with van der Waals surface area (Å²) in [7, 11) is 0. The third kappa shape index (κ3) is 1.54. The molecule has 3 heteroatoms. The summed E-state index contributed by atoms with van der Waals surface area (Å²) in [5, 5.41) is 0. The Bertz CT molecular complexity index is 529. The van der Waals surface area contributed by atoms with Crippen LogP contribution < -0.4 is 5.73 Å². The van der Waals surface area contributed by atoms with Gasteiger partial charge in [0, 0.05) is 0 Å². The Morgan fingerprint density at radius 1 is 1.15 bits per heavy atom. The van der Waals surface area contributed by atoms with E-state index >= 15 is 0 Å². The number of allylic oxidation sites excluding steroid dienone is 1.